The SMILES string of the molecule is O=C(CN1CCC(CO)C1)Nc1ccccc1SC(F)F. The molecule has 0 radical (unpaired) electrons. The molecule has 1 fully saturated rings. The van der Waals surface area contributed by atoms with Gasteiger partial charge in [0.15, 0.2) is 0 Å². The third-order valence-electron chi connectivity index (χ3n) is 3.37. The van der Waals surface area contributed by atoms with Crippen molar-refractivity contribution in [2.45, 2.75) is 17.1 Å². The van der Waals surface area contributed by atoms with Crippen LogP contribution < -0.4 is 5.32 Å². The summed E-state index contributed by atoms with van der Waals surface area (Å²) in [6, 6.07) is 6.53. The van der Waals surface area contributed by atoms with Gasteiger partial charge in [-0.1, -0.05) is 23.9 Å². The number of hydrogen-bond donors (Lipinski definition) is 2. The molecule has 2 N–H and O–H groups in total. The summed E-state index contributed by atoms with van der Waals surface area (Å²) >= 11 is 0.419. The van der Waals surface area contributed by atoms with Crippen molar-refractivity contribution in [1.29, 1.82) is 0 Å². The van der Waals surface area contributed by atoms with E-state index in [0.717, 1.165) is 13.0 Å². The maximum atomic E-state index is 12.5. The molecular weight excluding hydrogens is 298 g/mol. The van der Waals surface area contributed by atoms with Gasteiger partial charge in [-0.05, 0) is 31.0 Å². The van der Waals surface area contributed by atoms with Crippen LogP contribution in [0.2, 0.25) is 0 Å². The van der Waals surface area contributed by atoms with E-state index in [1.165, 1.54) is 0 Å². The number of carbonyl (C=O) groups excluding carboxylic acids is 1. The number of benzene rings is 1. The summed E-state index contributed by atoms with van der Waals surface area (Å²) < 4.78 is 24.9. The Morgan fingerprint density at radius 3 is 2.90 bits per heavy atom. The van der Waals surface area contributed by atoms with Gasteiger partial charge in [-0.2, -0.15) is 8.78 Å². The Hall–Kier alpha value is -1.18. The lowest BCUT2D eigenvalue weighted by atomic mass is 10.1. The first kappa shape index (κ1) is 16.2. The fourth-order valence-electron chi connectivity index (χ4n) is 2.37. The maximum Gasteiger partial charge on any atom is 0.288 e. The Kier molecular flexibility index (Phi) is 5.96. The molecular formula is C14H18F2N2O2S. The molecule has 1 amide bonds. The predicted molar refractivity (Wildman–Crippen MR) is 78.6 cm³/mol. The molecule has 1 aliphatic rings. The summed E-state index contributed by atoms with van der Waals surface area (Å²) in [5.74, 6) is -2.53. The second-order valence-electron chi connectivity index (χ2n) is 5.00. The molecule has 1 unspecified atom stereocenters. The van der Waals surface area contributed by atoms with Crippen LogP contribution >= 0.6 is 11.8 Å². The fourth-order valence-corrected chi connectivity index (χ4v) is 2.96. The standard InChI is InChI=1S/C14H18F2N2O2S/c15-14(16)21-12-4-2-1-3-11(12)17-13(20)8-18-6-5-10(7-18)9-19/h1-4,10,14,19H,5-9H2,(H,17,20). The Bertz CT molecular complexity index is 488. The van der Waals surface area contributed by atoms with Crippen molar-refractivity contribution in [1.82, 2.24) is 4.90 Å². The monoisotopic (exact) mass is 316 g/mol. The third kappa shape index (κ3) is 4.94. The molecule has 1 aromatic carbocycles. The number of hydrogen-bond acceptors (Lipinski definition) is 4. The zero-order valence-electron chi connectivity index (χ0n) is 11.5. The molecule has 116 valence electrons. The highest BCUT2D eigenvalue weighted by Crippen LogP contribution is 2.31. The first-order chi connectivity index (χ1) is 10.1. The van der Waals surface area contributed by atoms with Gasteiger partial charge >= 0.3 is 0 Å². The lowest BCUT2D eigenvalue weighted by Gasteiger charge is -2.16. The fraction of sp³-hybridized carbons (Fsp3) is 0.500. The molecule has 21 heavy (non-hydrogen) atoms. The van der Waals surface area contributed by atoms with Crippen LogP contribution in [0.1, 0.15) is 6.42 Å². The minimum absolute atomic E-state index is 0.131. The van der Waals surface area contributed by atoms with Crippen molar-refractivity contribution >= 4 is 23.4 Å². The lowest BCUT2D eigenvalue weighted by Crippen LogP contribution is -2.32. The van der Waals surface area contributed by atoms with E-state index in [4.69, 9.17) is 5.11 Å². The van der Waals surface area contributed by atoms with Crippen molar-refractivity contribution in [3.05, 3.63) is 24.3 Å². The number of para-hydroxylation sites is 1. The first-order valence-corrected chi connectivity index (χ1v) is 7.63. The number of thioether (sulfide) groups is 1. The van der Waals surface area contributed by atoms with E-state index in [9.17, 15) is 13.6 Å². The Balaban J connectivity index is 1.91. The van der Waals surface area contributed by atoms with E-state index in [0.29, 0.717) is 28.9 Å². The summed E-state index contributed by atoms with van der Waals surface area (Å²) in [6.07, 6.45) is 0.877. The van der Waals surface area contributed by atoms with Crippen LogP contribution in [0.25, 0.3) is 0 Å². The highest BCUT2D eigenvalue weighted by molar-refractivity contribution is 7.99. The number of rotatable bonds is 6. The lowest BCUT2D eigenvalue weighted by molar-refractivity contribution is -0.117. The Morgan fingerprint density at radius 1 is 1.48 bits per heavy atom. The van der Waals surface area contributed by atoms with Crippen molar-refractivity contribution in [2.24, 2.45) is 5.92 Å². The zero-order chi connectivity index (χ0) is 15.2. The number of nitrogens with one attached hydrogen (secondary N) is 1. The molecule has 1 atom stereocenters. The minimum atomic E-state index is -2.52. The molecule has 4 nitrogen and oxygen atoms in total. The second-order valence-corrected chi connectivity index (χ2v) is 6.03. The van der Waals surface area contributed by atoms with Crippen molar-refractivity contribution < 1.29 is 18.7 Å². The third-order valence-corrected chi connectivity index (χ3v) is 4.16. The molecule has 7 heteroatoms. The van der Waals surface area contributed by atoms with Crippen LogP contribution in [-0.2, 0) is 4.79 Å². The number of alkyl halides is 2. The van der Waals surface area contributed by atoms with Gasteiger partial charge in [-0.15, -0.1) is 0 Å². The molecule has 2 rings (SSSR count). The number of halogens is 2. The molecule has 0 aromatic heterocycles. The van der Waals surface area contributed by atoms with Crippen LogP contribution in [0.4, 0.5) is 14.5 Å². The highest BCUT2D eigenvalue weighted by Gasteiger charge is 2.23. The first-order valence-electron chi connectivity index (χ1n) is 6.75. The zero-order valence-corrected chi connectivity index (χ0v) is 12.3. The van der Waals surface area contributed by atoms with Gasteiger partial charge < -0.3 is 10.4 Å². The molecule has 1 heterocycles. The van der Waals surface area contributed by atoms with Crippen molar-refractivity contribution in [3.8, 4) is 0 Å². The summed E-state index contributed by atoms with van der Waals surface area (Å²) in [7, 11) is 0. The molecule has 0 aliphatic carbocycles. The summed E-state index contributed by atoms with van der Waals surface area (Å²) in [5.41, 5.74) is 0.408. The molecule has 0 bridgehead atoms. The van der Waals surface area contributed by atoms with Crippen LogP contribution in [0, 0.1) is 5.92 Å². The summed E-state index contributed by atoms with van der Waals surface area (Å²) in [5, 5.41) is 11.8. The minimum Gasteiger partial charge on any atom is -0.396 e. The van der Waals surface area contributed by atoms with E-state index in [1.54, 1.807) is 24.3 Å². The van der Waals surface area contributed by atoms with E-state index in [2.05, 4.69) is 5.32 Å². The number of anilines is 1. The smallest absolute Gasteiger partial charge is 0.288 e. The number of nitrogens with zero attached hydrogens (tertiary/aromatic N) is 1. The van der Waals surface area contributed by atoms with Gasteiger partial charge in [-0.3, -0.25) is 9.69 Å². The van der Waals surface area contributed by atoms with E-state index in [1.807, 2.05) is 4.90 Å². The van der Waals surface area contributed by atoms with E-state index < -0.39 is 5.76 Å². The maximum absolute atomic E-state index is 12.5. The Morgan fingerprint density at radius 2 is 2.24 bits per heavy atom. The molecule has 1 aromatic rings. The van der Waals surface area contributed by atoms with Gasteiger partial charge in [-0.25, -0.2) is 0 Å². The predicted octanol–water partition coefficient (Wildman–Crippen LogP) is 2.25. The molecule has 0 spiro atoms. The van der Waals surface area contributed by atoms with Crippen molar-refractivity contribution in [3.63, 3.8) is 0 Å². The molecule has 0 saturated carbocycles. The van der Waals surface area contributed by atoms with Crippen LogP contribution in [0.3, 0.4) is 0 Å². The van der Waals surface area contributed by atoms with E-state index in [-0.39, 0.29) is 25.0 Å². The second kappa shape index (κ2) is 7.72. The molecule has 1 saturated heterocycles. The number of carbonyl (C=O) groups is 1. The van der Waals surface area contributed by atoms with Gasteiger partial charge in [0.1, 0.15) is 0 Å². The van der Waals surface area contributed by atoms with Gasteiger partial charge in [0, 0.05) is 18.0 Å². The largest absolute Gasteiger partial charge is 0.396 e. The average molecular weight is 316 g/mol. The topological polar surface area (TPSA) is 52.6 Å². The quantitative estimate of drug-likeness (QED) is 0.791. The summed E-state index contributed by atoms with van der Waals surface area (Å²) in [6.45, 7) is 1.81. The Labute approximate surface area is 126 Å². The number of amides is 1. The average Bonchev–Trinajstić information content (AvgIpc) is 2.88. The number of aliphatic hydroxyl groups excluding tert-OH is 1. The highest BCUT2D eigenvalue weighted by atomic mass is 32.2. The normalized spacial score (nSPS) is 19.1. The van der Waals surface area contributed by atoms with Crippen LogP contribution in [0.5, 0.6) is 0 Å². The molecule has 1 aliphatic heterocycles. The van der Waals surface area contributed by atoms with Gasteiger partial charge in [0.25, 0.3) is 5.76 Å². The van der Waals surface area contributed by atoms with Crippen molar-refractivity contribution in [2.75, 3.05) is 31.6 Å². The van der Waals surface area contributed by atoms with Gasteiger partial charge in [0.05, 0.1) is 12.2 Å². The van der Waals surface area contributed by atoms with Crippen LogP contribution in [-0.4, -0.2) is 47.9 Å². The van der Waals surface area contributed by atoms with E-state index >= 15 is 0 Å². The number of aliphatic hydroxyl groups is 1. The van der Waals surface area contributed by atoms with Gasteiger partial charge in [0.2, 0.25) is 5.91 Å². The summed E-state index contributed by atoms with van der Waals surface area (Å²) in [4.78, 5) is 14.3. The van der Waals surface area contributed by atoms with Crippen LogP contribution in [0.15, 0.2) is 29.2 Å². The number of likely N-dealkylation sites (tertiary alicyclic amines) is 1.